The number of anilines is 1. The molecule has 0 radical (unpaired) electrons. The van der Waals surface area contributed by atoms with Crippen LogP contribution in [0.25, 0.3) is 0 Å². The van der Waals surface area contributed by atoms with Crippen LogP contribution in [0, 0.1) is 11.5 Å². The quantitative estimate of drug-likeness (QED) is 0.283. The number of rotatable bonds is 4. The van der Waals surface area contributed by atoms with Crippen molar-refractivity contribution < 1.29 is 0 Å². The molecule has 3 aromatic carbocycles. The largest absolute Gasteiger partial charge is 0.278 e. The first-order chi connectivity index (χ1) is 13.9. The van der Waals surface area contributed by atoms with Crippen molar-refractivity contribution in [3.8, 4) is 11.5 Å². The lowest BCUT2D eigenvalue weighted by Crippen LogP contribution is -2.63. The van der Waals surface area contributed by atoms with E-state index in [1.807, 2.05) is 37.3 Å². The van der Waals surface area contributed by atoms with E-state index in [0.717, 1.165) is 11.4 Å². The Morgan fingerprint density at radius 2 is 1.21 bits per heavy atom. The molecule has 3 heteroatoms. The molecule has 0 aliphatic rings. The molecule has 0 heterocycles. The summed E-state index contributed by atoms with van der Waals surface area (Å²) in [5, 5.41) is 7.15. The molecule has 2 nitrogen and oxygen atoms in total. The van der Waals surface area contributed by atoms with Crippen LogP contribution in [-0.2, 0) is 0 Å². The molecule has 0 atom stereocenters. The molecule has 0 saturated carbocycles. The molecule has 3 aromatic rings. The highest BCUT2D eigenvalue weighted by Gasteiger charge is 2.46. The van der Waals surface area contributed by atoms with E-state index < -0.39 is 8.07 Å². The van der Waals surface area contributed by atoms with Gasteiger partial charge in [-0.25, -0.2) is 0 Å². The third-order valence-corrected chi connectivity index (χ3v) is 10.2. The number of nitrogens with one attached hydrogen (secondary N) is 1. The second kappa shape index (κ2) is 8.94. The fraction of sp³-hybridized carbons (Fsp3) is 0.192. The van der Waals surface area contributed by atoms with Crippen LogP contribution in [0.1, 0.15) is 27.7 Å². The molecular formula is C26H28N2Si. The third-order valence-electron chi connectivity index (χ3n) is 5.10. The Hall–Kier alpha value is -3.09. The van der Waals surface area contributed by atoms with E-state index in [2.05, 4.69) is 103 Å². The van der Waals surface area contributed by atoms with Gasteiger partial charge in [0.1, 0.15) is 5.71 Å². The summed E-state index contributed by atoms with van der Waals surface area (Å²) in [5.74, 6) is 3.40. The fourth-order valence-corrected chi connectivity index (χ4v) is 8.10. The van der Waals surface area contributed by atoms with Crippen molar-refractivity contribution in [3.63, 3.8) is 0 Å². The first-order valence-corrected chi connectivity index (χ1v) is 11.9. The number of nitrogens with zero attached hydrogens (tertiary/aromatic N) is 1. The van der Waals surface area contributed by atoms with Gasteiger partial charge in [0.05, 0.1) is 5.69 Å². The van der Waals surface area contributed by atoms with Gasteiger partial charge in [0.25, 0.3) is 0 Å². The Balaban J connectivity index is 2.09. The van der Waals surface area contributed by atoms with Crippen LogP contribution in [0.15, 0.2) is 96.1 Å². The lowest BCUT2D eigenvalue weighted by atomic mass is 10.2. The molecule has 146 valence electrons. The summed E-state index contributed by atoms with van der Waals surface area (Å²) >= 11 is 0. The zero-order valence-corrected chi connectivity index (χ0v) is 18.6. The molecule has 0 bridgehead atoms. The van der Waals surface area contributed by atoms with Gasteiger partial charge in [0, 0.05) is 0 Å². The van der Waals surface area contributed by atoms with Gasteiger partial charge in [-0.15, -0.1) is 5.54 Å². The van der Waals surface area contributed by atoms with Gasteiger partial charge in [-0.3, -0.25) is 5.43 Å². The molecule has 0 aromatic heterocycles. The highest BCUT2D eigenvalue weighted by Crippen LogP contribution is 2.35. The fourth-order valence-electron chi connectivity index (χ4n) is 3.61. The Bertz CT molecular complexity index is 969. The number of hydrogen-bond acceptors (Lipinski definition) is 2. The van der Waals surface area contributed by atoms with E-state index >= 15 is 0 Å². The Morgan fingerprint density at radius 3 is 1.66 bits per heavy atom. The average Bonchev–Trinajstić information content (AvgIpc) is 2.74. The number of hydrazone groups is 1. The van der Waals surface area contributed by atoms with Crippen LogP contribution in [0.5, 0.6) is 0 Å². The first-order valence-electron chi connectivity index (χ1n) is 9.93. The summed E-state index contributed by atoms with van der Waals surface area (Å²) in [7, 11) is -2.39. The van der Waals surface area contributed by atoms with Gasteiger partial charge in [0.2, 0.25) is 8.07 Å². The van der Waals surface area contributed by atoms with Crippen molar-refractivity contribution in [2.24, 2.45) is 5.10 Å². The van der Waals surface area contributed by atoms with Crippen LogP contribution in [0.2, 0.25) is 5.04 Å². The Morgan fingerprint density at radius 1 is 0.759 bits per heavy atom. The minimum absolute atomic E-state index is 0.00977. The van der Waals surface area contributed by atoms with E-state index in [4.69, 9.17) is 0 Å². The van der Waals surface area contributed by atoms with Gasteiger partial charge in [-0.1, -0.05) is 106 Å². The van der Waals surface area contributed by atoms with Crippen LogP contribution >= 0.6 is 0 Å². The summed E-state index contributed by atoms with van der Waals surface area (Å²) in [6.45, 7) is 8.88. The van der Waals surface area contributed by atoms with E-state index in [1.165, 1.54) is 10.4 Å². The summed E-state index contributed by atoms with van der Waals surface area (Å²) in [6, 6.07) is 31.5. The lowest BCUT2D eigenvalue weighted by molar-refractivity contribution is 0.740. The monoisotopic (exact) mass is 396 g/mol. The summed E-state index contributed by atoms with van der Waals surface area (Å²) in [5.41, 5.74) is 8.60. The Kier molecular flexibility index (Phi) is 6.36. The predicted molar refractivity (Wildman–Crippen MR) is 129 cm³/mol. The van der Waals surface area contributed by atoms with Gasteiger partial charge in [-0.05, 0) is 34.5 Å². The summed E-state index contributed by atoms with van der Waals surface area (Å²) in [4.78, 5) is 0. The second-order valence-corrected chi connectivity index (χ2v) is 12.6. The topological polar surface area (TPSA) is 24.4 Å². The maximum absolute atomic E-state index is 4.48. The SMILES string of the molecule is C/C(C#C[Si](c1ccccc1)(c1ccccc1)C(C)(C)C)=N\Nc1ccccc1. The van der Waals surface area contributed by atoms with Crippen LogP contribution < -0.4 is 15.8 Å². The van der Waals surface area contributed by atoms with E-state index in [9.17, 15) is 0 Å². The van der Waals surface area contributed by atoms with Crippen LogP contribution in [-0.4, -0.2) is 13.8 Å². The van der Waals surface area contributed by atoms with E-state index in [0.29, 0.717) is 0 Å². The molecule has 1 N–H and O–H groups in total. The standard InChI is InChI=1S/C26H28N2Si/c1-22(27-28-23-14-8-5-9-15-23)20-21-29(26(2,3)4,24-16-10-6-11-17-24)25-18-12-7-13-19-25/h5-19,28H,1-4H3/b27-22+. The minimum atomic E-state index is -2.39. The third kappa shape index (κ3) is 4.67. The molecule has 0 aliphatic heterocycles. The molecule has 0 unspecified atom stereocenters. The molecule has 0 saturated heterocycles. The zero-order valence-electron chi connectivity index (χ0n) is 17.6. The summed E-state index contributed by atoms with van der Waals surface area (Å²) < 4.78 is 0. The number of benzene rings is 3. The van der Waals surface area contributed by atoms with Crippen molar-refractivity contribution >= 4 is 29.8 Å². The van der Waals surface area contributed by atoms with Gasteiger partial charge < -0.3 is 0 Å². The van der Waals surface area contributed by atoms with Crippen molar-refractivity contribution in [1.29, 1.82) is 0 Å². The normalized spacial score (nSPS) is 12.1. The van der Waals surface area contributed by atoms with Crippen molar-refractivity contribution in [1.82, 2.24) is 0 Å². The predicted octanol–water partition coefficient (Wildman–Crippen LogP) is 5.08. The van der Waals surface area contributed by atoms with E-state index in [-0.39, 0.29) is 5.04 Å². The average molecular weight is 397 g/mol. The smallest absolute Gasteiger partial charge is 0.204 e. The maximum atomic E-state index is 4.48. The van der Waals surface area contributed by atoms with Crippen LogP contribution in [0.4, 0.5) is 5.69 Å². The zero-order chi connectivity index (χ0) is 20.7. The second-order valence-electron chi connectivity index (χ2n) is 8.16. The highest BCUT2D eigenvalue weighted by molar-refractivity contribution is 7.10. The highest BCUT2D eigenvalue weighted by atomic mass is 28.3. The van der Waals surface area contributed by atoms with Crippen molar-refractivity contribution in [3.05, 3.63) is 91.0 Å². The number of hydrogen-bond donors (Lipinski definition) is 1. The molecule has 3 rings (SSSR count). The lowest BCUT2D eigenvalue weighted by Gasteiger charge is -2.39. The molecule has 0 spiro atoms. The van der Waals surface area contributed by atoms with Crippen LogP contribution in [0.3, 0.4) is 0 Å². The van der Waals surface area contributed by atoms with Gasteiger partial charge in [-0.2, -0.15) is 5.10 Å². The summed E-state index contributed by atoms with van der Waals surface area (Å²) in [6.07, 6.45) is 0. The molecule has 0 aliphatic carbocycles. The molecular weight excluding hydrogens is 368 g/mol. The molecule has 0 amide bonds. The maximum Gasteiger partial charge on any atom is 0.204 e. The van der Waals surface area contributed by atoms with Crippen molar-refractivity contribution in [2.75, 3.05) is 5.43 Å². The van der Waals surface area contributed by atoms with Gasteiger partial charge in [0.15, 0.2) is 0 Å². The van der Waals surface area contributed by atoms with Gasteiger partial charge >= 0.3 is 0 Å². The minimum Gasteiger partial charge on any atom is -0.278 e. The Labute approximate surface area is 175 Å². The van der Waals surface area contributed by atoms with E-state index in [1.54, 1.807) is 0 Å². The first kappa shape index (κ1) is 20.6. The molecule has 29 heavy (non-hydrogen) atoms. The molecule has 0 fully saturated rings. The number of para-hydroxylation sites is 1. The van der Waals surface area contributed by atoms with Crippen molar-refractivity contribution in [2.45, 2.75) is 32.7 Å².